The first kappa shape index (κ1) is 27.3. The summed E-state index contributed by atoms with van der Waals surface area (Å²) in [5, 5.41) is 13.9. The smallest absolute Gasteiger partial charge is 0.269 e. The SMILES string of the molecule is COc1cc(/C=C\c2cc(Br)c(OC)c(N/C=C\C(=O)c3ccc([N+](=O)[O-])cc3)c2)cc(OC)c1OC. The molecule has 3 aromatic rings. The average Bonchev–Trinajstić information content (AvgIpc) is 2.91. The maximum Gasteiger partial charge on any atom is 0.269 e. The predicted molar refractivity (Wildman–Crippen MR) is 146 cm³/mol. The van der Waals surface area contributed by atoms with Gasteiger partial charge in [0.1, 0.15) is 0 Å². The largest absolute Gasteiger partial charge is 0.493 e. The molecule has 0 bridgehead atoms. The van der Waals surface area contributed by atoms with Gasteiger partial charge in [-0.05, 0) is 63.5 Å². The molecule has 0 aliphatic rings. The second-order valence-electron chi connectivity index (χ2n) is 7.52. The second-order valence-corrected chi connectivity index (χ2v) is 8.38. The fraction of sp³-hybridized carbons (Fsp3) is 0.148. The molecule has 0 radical (unpaired) electrons. The van der Waals surface area contributed by atoms with Crippen molar-refractivity contribution < 1.29 is 28.7 Å². The van der Waals surface area contributed by atoms with Crippen LogP contribution < -0.4 is 24.3 Å². The summed E-state index contributed by atoms with van der Waals surface area (Å²) < 4.78 is 22.4. The number of nitrogens with zero attached hydrogens (tertiary/aromatic N) is 1. The van der Waals surface area contributed by atoms with E-state index in [9.17, 15) is 14.9 Å². The Balaban J connectivity index is 1.83. The second kappa shape index (κ2) is 12.6. The fourth-order valence-corrected chi connectivity index (χ4v) is 4.11. The van der Waals surface area contributed by atoms with Gasteiger partial charge in [-0.3, -0.25) is 14.9 Å². The summed E-state index contributed by atoms with van der Waals surface area (Å²) in [4.78, 5) is 22.7. The topological polar surface area (TPSA) is 109 Å². The Morgan fingerprint density at radius 3 is 1.95 bits per heavy atom. The highest BCUT2D eigenvalue weighted by atomic mass is 79.9. The van der Waals surface area contributed by atoms with E-state index in [1.807, 2.05) is 36.4 Å². The lowest BCUT2D eigenvalue weighted by molar-refractivity contribution is -0.384. The zero-order valence-electron chi connectivity index (χ0n) is 20.6. The summed E-state index contributed by atoms with van der Waals surface area (Å²) in [6.07, 6.45) is 6.63. The van der Waals surface area contributed by atoms with Gasteiger partial charge in [-0.1, -0.05) is 12.2 Å². The van der Waals surface area contributed by atoms with Gasteiger partial charge in [-0.15, -0.1) is 0 Å². The van der Waals surface area contributed by atoms with Crippen LogP contribution in [0.4, 0.5) is 11.4 Å². The Bertz CT molecular complexity index is 1330. The van der Waals surface area contributed by atoms with Crippen LogP contribution in [0.1, 0.15) is 21.5 Å². The van der Waals surface area contributed by atoms with Crippen LogP contribution in [0.25, 0.3) is 12.2 Å². The van der Waals surface area contributed by atoms with Crippen molar-refractivity contribution in [3.63, 3.8) is 0 Å². The highest BCUT2D eigenvalue weighted by Crippen LogP contribution is 2.39. The van der Waals surface area contributed by atoms with Gasteiger partial charge in [0.25, 0.3) is 5.69 Å². The van der Waals surface area contributed by atoms with Crippen molar-refractivity contribution >= 4 is 45.2 Å². The molecule has 0 heterocycles. The number of methoxy groups -OCH3 is 4. The normalized spacial score (nSPS) is 10.9. The van der Waals surface area contributed by atoms with Crippen molar-refractivity contribution in [2.45, 2.75) is 0 Å². The third-order valence-corrected chi connectivity index (χ3v) is 5.85. The van der Waals surface area contributed by atoms with E-state index in [0.29, 0.717) is 38.7 Å². The number of carbonyl (C=O) groups is 1. The number of hydrogen-bond donors (Lipinski definition) is 1. The summed E-state index contributed by atoms with van der Waals surface area (Å²) >= 11 is 3.52. The molecule has 192 valence electrons. The first-order chi connectivity index (χ1) is 17.8. The van der Waals surface area contributed by atoms with Crippen LogP contribution in [0, 0.1) is 10.1 Å². The van der Waals surface area contributed by atoms with Gasteiger partial charge in [0.2, 0.25) is 5.75 Å². The number of nitro groups is 1. The number of carbonyl (C=O) groups excluding carboxylic acids is 1. The first-order valence-corrected chi connectivity index (χ1v) is 11.7. The van der Waals surface area contributed by atoms with Gasteiger partial charge >= 0.3 is 0 Å². The molecular formula is C27H25BrN2O7. The molecule has 0 fully saturated rings. The minimum absolute atomic E-state index is 0.0790. The third kappa shape index (κ3) is 6.68. The quantitative estimate of drug-likeness (QED) is 0.0933. The summed E-state index contributed by atoms with van der Waals surface area (Å²) in [6, 6.07) is 12.8. The number of ether oxygens (including phenoxy) is 4. The molecule has 0 saturated heterocycles. The lowest BCUT2D eigenvalue weighted by Crippen LogP contribution is -1.99. The zero-order valence-corrected chi connectivity index (χ0v) is 22.2. The van der Waals surface area contributed by atoms with Crippen LogP contribution in [-0.4, -0.2) is 39.1 Å². The lowest BCUT2D eigenvalue weighted by atomic mass is 10.1. The van der Waals surface area contributed by atoms with E-state index in [0.717, 1.165) is 11.1 Å². The van der Waals surface area contributed by atoms with E-state index in [2.05, 4.69) is 21.2 Å². The molecule has 3 aromatic carbocycles. The number of allylic oxidation sites excluding steroid dienone is 1. The number of ketones is 1. The Kier molecular flexibility index (Phi) is 9.28. The number of hydrogen-bond acceptors (Lipinski definition) is 8. The Labute approximate surface area is 222 Å². The van der Waals surface area contributed by atoms with Gasteiger partial charge in [0, 0.05) is 30.0 Å². The van der Waals surface area contributed by atoms with E-state index < -0.39 is 4.92 Å². The number of nitro benzene ring substituents is 1. The summed E-state index contributed by atoms with van der Waals surface area (Å²) in [5.41, 5.74) is 2.56. The molecule has 0 aliphatic carbocycles. The Morgan fingerprint density at radius 2 is 1.43 bits per heavy atom. The average molecular weight is 569 g/mol. The molecule has 9 nitrogen and oxygen atoms in total. The van der Waals surface area contributed by atoms with Crippen LogP contribution >= 0.6 is 15.9 Å². The molecule has 0 saturated carbocycles. The van der Waals surface area contributed by atoms with Crippen molar-refractivity contribution in [1.29, 1.82) is 0 Å². The summed E-state index contributed by atoms with van der Waals surface area (Å²) in [6.45, 7) is 0. The predicted octanol–water partition coefficient (Wildman–Crippen LogP) is 6.37. The van der Waals surface area contributed by atoms with Crippen LogP contribution in [0.15, 0.2) is 65.3 Å². The fourth-order valence-electron chi connectivity index (χ4n) is 3.47. The molecule has 0 amide bonds. The van der Waals surface area contributed by atoms with Crippen LogP contribution in [0.3, 0.4) is 0 Å². The molecule has 3 rings (SSSR count). The molecular weight excluding hydrogens is 544 g/mol. The standard InChI is InChI=1S/C27H25BrN2O7/c1-34-24-15-18(16-25(35-2)27(24)37-4)6-5-17-13-21(28)26(36-3)22(14-17)29-12-11-23(31)19-7-9-20(10-8-19)30(32)33/h5-16,29H,1-4H3/b6-5-,12-11-. The zero-order chi connectivity index (χ0) is 26.9. The van der Waals surface area contributed by atoms with E-state index in [1.54, 1.807) is 28.4 Å². The van der Waals surface area contributed by atoms with E-state index in [4.69, 9.17) is 18.9 Å². The maximum absolute atomic E-state index is 12.4. The molecule has 0 unspecified atom stereocenters. The van der Waals surface area contributed by atoms with Crippen molar-refractivity contribution in [2.24, 2.45) is 0 Å². The minimum atomic E-state index is -0.515. The van der Waals surface area contributed by atoms with E-state index in [-0.39, 0.29) is 11.5 Å². The molecule has 0 spiro atoms. The van der Waals surface area contributed by atoms with E-state index in [1.165, 1.54) is 36.5 Å². The van der Waals surface area contributed by atoms with Gasteiger partial charge in [-0.2, -0.15) is 0 Å². The molecule has 0 aromatic heterocycles. The molecule has 37 heavy (non-hydrogen) atoms. The number of anilines is 1. The maximum atomic E-state index is 12.4. The third-order valence-electron chi connectivity index (χ3n) is 5.26. The number of benzene rings is 3. The highest BCUT2D eigenvalue weighted by Gasteiger charge is 2.13. The monoisotopic (exact) mass is 568 g/mol. The molecule has 0 aliphatic heterocycles. The molecule has 0 atom stereocenters. The number of rotatable bonds is 11. The Morgan fingerprint density at radius 1 is 0.865 bits per heavy atom. The number of nitrogens with one attached hydrogen (secondary N) is 1. The van der Waals surface area contributed by atoms with Crippen LogP contribution in [-0.2, 0) is 0 Å². The highest BCUT2D eigenvalue weighted by molar-refractivity contribution is 9.10. The number of halogens is 1. The Hall–Kier alpha value is -4.31. The van der Waals surface area contributed by atoms with Crippen molar-refractivity contribution in [1.82, 2.24) is 0 Å². The molecule has 1 N–H and O–H groups in total. The minimum Gasteiger partial charge on any atom is -0.493 e. The van der Waals surface area contributed by atoms with Crippen molar-refractivity contribution in [3.05, 3.63) is 92.1 Å². The van der Waals surface area contributed by atoms with Crippen molar-refractivity contribution in [3.8, 4) is 23.0 Å². The molecule has 10 heteroatoms. The van der Waals surface area contributed by atoms with Gasteiger partial charge < -0.3 is 24.3 Å². The van der Waals surface area contributed by atoms with Crippen LogP contribution in [0.2, 0.25) is 0 Å². The van der Waals surface area contributed by atoms with Crippen LogP contribution in [0.5, 0.6) is 23.0 Å². The first-order valence-electron chi connectivity index (χ1n) is 10.9. The van der Waals surface area contributed by atoms with Crippen molar-refractivity contribution in [2.75, 3.05) is 33.8 Å². The van der Waals surface area contributed by atoms with E-state index >= 15 is 0 Å². The summed E-state index contributed by atoms with van der Waals surface area (Å²) in [5.74, 6) is 1.84. The lowest BCUT2D eigenvalue weighted by Gasteiger charge is -2.13. The number of non-ortho nitro benzene ring substituents is 1. The summed E-state index contributed by atoms with van der Waals surface area (Å²) in [7, 11) is 6.21. The van der Waals surface area contributed by atoms with Gasteiger partial charge in [-0.25, -0.2) is 0 Å². The van der Waals surface area contributed by atoms with Gasteiger partial charge in [0.05, 0.1) is 43.5 Å². The van der Waals surface area contributed by atoms with Gasteiger partial charge in [0.15, 0.2) is 23.0 Å².